The molecule has 2 aromatic rings. The monoisotopic (exact) mass is 289 g/mol. The van der Waals surface area contributed by atoms with Gasteiger partial charge >= 0.3 is 0 Å². The number of nitrogens with zero attached hydrogens (tertiary/aromatic N) is 1. The van der Waals surface area contributed by atoms with Crippen molar-refractivity contribution in [3.8, 4) is 5.75 Å². The van der Waals surface area contributed by atoms with Crippen molar-refractivity contribution < 1.29 is 13.9 Å². The SMILES string of the molecule is COc1ccccc1NC(C)(C(N)=O)c1cncc(F)c1. The van der Waals surface area contributed by atoms with Crippen molar-refractivity contribution in [3.63, 3.8) is 0 Å². The molecule has 2 rings (SSSR count). The summed E-state index contributed by atoms with van der Waals surface area (Å²) in [5, 5.41) is 3.01. The van der Waals surface area contributed by atoms with Crippen LogP contribution >= 0.6 is 0 Å². The topological polar surface area (TPSA) is 77.2 Å². The van der Waals surface area contributed by atoms with Crippen LogP contribution < -0.4 is 15.8 Å². The first-order valence-corrected chi connectivity index (χ1v) is 6.29. The quantitative estimate of drug-likeness (QED) is 0.883. The predicted molar refractivity (Wildman–Crippen MR) is 77.4 cm³/mol. The summed E-state index contributed by atoms with van der Waals surface area (Å²) in [4.78, 5) is 15.7. The Balaban J connectivity index is 2.46. The summed E-state index contributed by atoms with van der Waals surface area (Å²) in [6.07, 6.45) is 2.46. The van der Waals surface area contributed by atoms with Gasteiger partial charge in [0.1, 0.15) is 17.1 Å². The molecule has 0 saturated carbocycles. The molecule has 6 heteroatoms. The molecule has 0 spiro atoms. The summed E-state index contributed by atoms with van der Waals surface area (Å²) in [6, 6.07) is 8.30. The summed E-state index contributed by atoms with van der Waals surface area (Å²) in [5.74, 6) is -0.642. The number of carbonyl (C=O) groups is 1. The van der Waals surface area contributed by atoms with Gasteiger partial charge in [-0.2, -0.15) is 0 Å². The van der Waals surface area contributed by atoms with Crippen molar-refractivity contribution in [2.75, 3.05) is 12.4 Å². The third-order valence-electron chi connectivity index (χ3n) is 3.27. The molecule has 21 heavy (non-hydrogen) atoms. The second-order valence-corrected chi connectivity index (χ2v) is 4.71. The van der Waals surface area contributed by atoms with E-state index in [1.54, 1.807) is 31.2 Å². The lowest BCUT2D eigenvalue weighted by Gasteiger charge is -2.29. The average Bonchev–Trinajstić information content (AvgIpc) is 2.47. The standard InChI is InChI=1S/C15H16FN3O2/c1-15(14(17)20,10-7-11(16)9-18-8-10)19-12-5-3-4-6-13(12)21-2/h3-9,19H,1-2H3,(H2,17,20). The molecule has 0 aliphatic heterocycles. The maximum atomic E-state index is 13.4. The van der Waals surface area contributed by atoms with Gasteiger partial charge in [0.15, 0.2) is 0 Å². The van der Waals surface area contributed by atoms with Crippen LogP contribution in [0.3, 0.4) is 0 Å². The molecule has 1 amide bonds. The highest BCUT2D eigenvalue weighted by molar-refractivity contribution is 5.89. The molecular formula is C15H16FN3O2. The Labute approximate surface area is 121 Å². The molecule has 3 N–H and O–H groups in total. The van der Waals surface area contributed by atoms with E-state index in [-0.39, 0.29) is 0 Å². The Morgan fingerprint density at radius 1 is 1.38 bits per heavy atom. The first-order chi connectivity index (χ1) is 9.97. The highest BCUT2D eigenvalue weighted by atomic mass is 19.1. The number of carbonyl (C=O) groups excluding carboxylic acids is 1. The van der Waals surface area contributed by atoms with Gasteiger partial charge in [0.2, 0.25) is 5.91 Å². The van der Waals surface area contributed by atoms with Crippen molar-refractivity contribution in [1.29, 1.82) is 0 Å². The van der Waals surface area contributed by atoms with Gasteiger partial charge < -0.3 is 15.8 Å². The summed E-state index contributed by atoms with van der Waals surface area (Å²) in [7, 11) is 1.52. The van der Waals surface area contributed by atoms with Crippen LogP contribution in [0, 0.1) is 5.82 Å². The molecular weight excluding hydrogens is 273 g/mol. The number of nitrogens with one attached hydrogen (secondary N) is 1. The number of hydrogen-bond acceptors (Lipinski definition) is 4. The van der Waals surface area contributed by atoms with Crippen molar-refractivity contribution >= 4 is 11.6 Å². The van der Waals surface area contributed by atoms with Gasteiger partial charge in [0, 0.05) is 11.8 Å². The maximum Gasteiger partial charge on any atom is 0.247 e. The second-order valence-electron chi connectivity index (χ2n) is 4.71. The van der Waals surface area contributed by atoms with Crippen LogP contribution in [0.15, 0.2) is 42.7 Å². The number of ether oxygens (including phenoxy) is 1. The van der Waals surface area contributed by atoms with E-state index >= 15 is 0 Å². The van der Waals surface area contributed by atoms with E-state index in [0.717, 1.165) is 6.20 Å². The summed E-state index contributed by atoms with van der Waals surface area (Å²) < 4.78 is 18.6. The molecule has 1 unspecified atom stereocenters. The van der Waals surface area contributed by atoms with E-state index in [0.29, 0.717) is 17.0 Å². The lowest BCUT2D eigenvalue weighted by atomic mass is 9.92. The van der Waals surface area contributed by atoms with Gasteiger partial charge in [-0.25, -0.2) is 4.39 Å². The normalized spacial score (nSPS) is 13.3. The van der Waals surface area contributed by atoms with Gasteiger partial charge in [0.05, 0.1) is 19.0 Å². The maximum absolute atomic E-state index is 13.4. The molecule has 110 valence electrons. The molecule has 1 atom stereocenters. The fourth-order valence-electron chi connectivity index (χ4n) is 1.98. The predicted octanol–water partition coefficient (Wildman–Crippen LogP) is 2.04. The van der Waals surface area contributed by atoms with E-state index in [1.165, 1.54) is 19.4 Å². The van der Waals surface area contributed by atoms with Crippen LogP contribution in [-0.2, 0) is 10.3 Å². The van der Waals surface area contributed by atoms with Crippen LogP contribution in [0.4, 0.5) is 10.1 Å². The number of primary amides is 1. The lowest BCUT2D eigenvalue weighted by molar-refractivity contribution is -0.122. The number of para-hydroxylation sites is 2. The lowest BCUT2D eigenvalue weighted by Crippen LogP contribution is -2.45. The molecule has 0 aliphatic rings. The highest BCUT2D eigenvalue weighted by Crippen LogP contribution is 2.31. The summed E-state index contributed by atoms with van der Waals surface area (Å²) >= 11 is 0. The van der Waals surface area contributed by atoms with Crippen LogP contribution in [0.1, 0.15) is 12.5 Å². The minimum atomic E-state index is -1.32. The number of halogens is 1. The number of nitrogens with two attached hydrogens (primary N) is 1. The number of pyridine rings is 1. The van der Waals surface area contributed by atoms with E-state index in [1.807, 2.05) is 0 Å². The Kier molecular flexibility index (Phi) is 4.07. The molecule has 0 radical (unpaired) electrons. The molecule has 5 nitrogen and oxygen atoms in total. The van der Waals surface area contributed by atoms with Crippen LogP contribution in [0.2, 0.25) is 0 Å². The van der Waals surface area contributed by atoms with Crippen molar-refractivity contribution in [1.82, 2.24) is 4.98 Å². The number of methoxy groups -OCH3 is 1. The average molecular weight is 289 g/mol. The molecule has 0 fully saturated rings. The number of hydrogen-bond donors (Lipinski definition) is 2. The minimum absolute atomic E-state index is 0.334. The molecule has 1 heterocycles. The van der Waals surface area contributed by atoms with Crippen LogP contribution in [0.5, 0.6) is 5.75 Å². The van der Waals surface area contributed by atoms with Crippen LogP contribution in [-0.4, -0.2) is 18.0 Å². The molecule has 0 saturated heterocycles. The fourth-order valence-corrected chi connectivity index (χ4v) is 1.98. The molecule has 1 aromatic carbocycles. The third kappa shape index (κ3) is 2.94. The summed E-state index contributed by atoms with van der Waals surface area (Å²) in [5.41, 5.74) is 5.09. The number of benzene rings is 1. The smallest absolute Gasteiger partial charge is 0.247 e. The number of amides is 1. The zero-order valence-corrected chi connectivity index (χ0v) is 11.8. The van der Waals surface area contributed by atoms with Gasteiger partial charge in [-0.05, 0) is 25.1 Å². The molecule has 0 bridgehead atoms. The van der Waals surface area contributed by atoms with E-state index in [9.17, 15) is 9.18 Å². The van der Waals surface area contributed by atoms with Gasteiger partial charge in [0.25, 0.3) is 0 Å². The third-order valence-corrected chi connectivity index (χ3v) is 3.27. The molecule has 1 aromatic heterocycles. The second kappa shape index (κ2) is 5.78. The zero-order chi connectivity index (χ0) is 15.5. The van der Waals surface area contributed by atoms with Gasteiger partial charge in [-0.3, -0.25) is 9.78 Å². The number of rotatable bonds is 5. The van der Waals surface area contributed by atoms with E-state index in [2.05, 4.69) is 10.3 Å². The minimum Gasteiger partial charge on any atom is -0.495 e. The van der Waals surface area contributed by atoms with Crippen molar-refractivity contribution in [3.05, 3.63) is 54.1 Å². The van der Waals surface area contributed by atoms with Crippen molar-refractivity contribution in [2.45, 2.75) is 12.5 Å². The number of aromatic nitrogens is 1. The van der Waals surface area contributed by atoms with E-state index in [4.69, 9.17) is 10.5 Å². The zero-order valence-electron chi connectivity index (χ0n) is 11.8. The first-order valence-electron chi connectivity index (χ1n) is 6.29. The largest absolute Gasteiger partial charge is 0.495 e. The number of anilines is 1. The van der Waals surface area contributed by atoms with E-state index < -0.39 is 17.3 Å². The Morgan fingerprint density at radius 3 is 2.71 bits per heavy atom. The Morgan fingerprint density at radius 2 is 2.10 bits per heavy atom. The fraction of sp³-hybridized carbons (Fsp3) is 0.200. The van der Waals surface area contributed by atoms with Gasteiger partial charge in [-0.1, -0.05) is 12.1 Å². The summed E-state index contributed by atoms with van der Waals surface area (Å²) in [6.45, 7) is 1.57. The Hall–Kier alpha value is -2.63. The molecule has 0 aliphatic carbocycles. The Bertz CT molecular complexity index is 663. The highest BCUT2D eigenvalue weighted by Gasteiger charge is 2.34. The van der Waals surface area contributed by atoms with Crippen molar-refractivity contribution in [2.24, 2.45) is 5.73 Å². The van der Waals surface area contributed by atoms with Gasteiger partial charge in [-0.15, -0.1) is 0 Å². The van der Waals surface area contributed by atoms with Crippen LogP contribution in [0.25, 0.3) is 0 Å². The first kappa shape index (κ1) is 14.8.